The van der Waals surface area contributed by atoms with Crippen molar-refractivity contribution in [2.24, 2.45) is 7.05 Å². The van der Waals surface area contributed by atoms with E-state index < -0.39 is 0 Å². The number of hydrogen-bond donors (Lipinski definition) is 0. The Morgan fingerprint density at radius 1 is 0.667 bits per heavy atom. The fourth-order valence-electron chi connectivity index (χ4n) is 3.56. The third-order valence-electron chi connectivity index (χ3n) is 4.99. The Labute approximate surface area is 160 Å². The van der Waals surface area contributed by atoms with Gasteiger partial charge in [0.25, 0.3) is 0 Å². The van der Waals surface area contributed by atoms with Crippen molar-refractivity contribution in [1.29, 1.82) is 0 Å². The van der Waals surface area contributed by atoms with Crippen LogP contribution >= 0.6 is 0 Å². The van der Waals surface area contributed by atoms with E-state index in [1.165, 1.54) is 22.3 Å². The molecule has 2 heteroatoms. The van der Waals surface area contributed by atoms with Crippen LogP contribution < -0.4 is 4.57 Å². The first-order chi connectivity index (χ1) is 13.1. The maximum absolute atomic E-state index is 5.13. The standard InChI is InChI=1S/C25H23N2/c1-18-11-7-9-15-21(18)23-17-27(3)25(22-16-10-8-12-19(22)2)24(26-23)20-13-5-4-6-14-20/h4-17H,1-3H3/q+1. The van der Waals surface area contributed by atoms with Crippen molar-refractivity contribution in [2.45, 2.75) is 13.8 Å². The Morgan fingerprint density at radius 3 is 1.85 bits per heavy atom. The molecule has 0 radical (unpaired) electrons. The van der Waals surface area contributed by atoms with E-state index in [2.05, 4.69) is 104 Å². The molecular weight excluding hydrogens is 328 g/mol. The van der Waals surface area contributed by atoms with Gasteiger partial charge in [-0.25, -0.2) is 4.98 Å². The SMILES string of the molecule is Cc1ccccc1-c1c[n+](C)c(-c2ccccc2C)c(-c2ccccc2)n1. The molecule has 0 aliphatic heterocycles. The predicted molar refractivity (Wildman–Crippen MR) is 111 cm³/mol. The second-order valence-corrected chi connectivity index (χ2v) is 6.93. The molecule has 0 spiro atoms. The Bertz CT molecular complexity index is 1100. The molecule has 0 amide bonds. The van der Waals surface area contributed by atoms with Crippen LogP contribution in [0.4, 0.5) is 0 Å². The van der Waals surface area contributed by atoms with Gasteiger partial charge in [0.15, 0.2) is 6.20 Å². The molecule has 3 aromatic carbocycles. The number of rotatable bonds is 3. The lowest BCUT2D eigenvalue weighted by Gasteiger charge is -2.12. The van der Waals surface area contributed by atoms with Crippen molar-refractivity contribution in [3.63, 3.8) is 0 Å². The Kier molecular flexibility index (Phi) is 4.55. The number of aromatic nitrogens is 2. The highest BCUT2D eigenvalue weighted by Gasteiger charge is 2.23. The van der Waals surface area contributed by atoms with Gasteiger partial charge < -0.3 is 0 Å². The zero-order chi connectivity index (χ0) is 18.8. The van der Waals surface area contributed by atoms with Crippen LogP contribution in [-0.2, 0) is 7.05 Å². The van der Waals surface area contributed by atoms with E-state index in [1.54, 1.807) is 0 Å². The molecule has 0 fully saturated rings. The van der Waals surface area contributed by atoms with Crippen LogP contribution in [0.15, 0.2) is 85.1 Å². The van der Waals surface area contributed by atoms with E-state index in [-0.39, 0.29) is 0 Å². The van der Waals surface area contributed by atoms with Gasteiger partial charge >= 0.3 is 0 Å². The molecule has 27 heavy (non-hydrogen) atoms. The second-order valence-electron chi connectivity index (χ2n) is 6.93. The average Bonchev–Trinajstić information content (AvgIpc) is 2.69. The van der Waals surface area contributed by atoms with Gasteiger partial charge in [-0.05, 0) is 31.0 Å². The molecule has 0 saturated carbocycles. The quantitative estimate of drug-likeness (QED) is 0.444. The normalized spacial score (nSPS) is 10.8. The van der Waals surface area contributed by atoms with Crippen molar-refractivity contribution in [2.75, 3.05) is 0 Å². The topological polar surface area (TPSA) is 16.8 Å². The molecule has 1 heterocycles. The molecule has 0 bridgehead atoms. The lowest BCUT2D eigenvalue weighted by atomic mass is 9.99. The smallest absolute Gasteiger partial charge is 0.234 e. The van der Waals surface area contributed by atoms with Gasteiger partial charge in [-0.3, -0.25) is 0 Å². The van der Waals surface area contributed by atoms with Gasteiger partial charge in [0.05, 0.1) is 5.56 Å². The van der Waals surface area contributed by atoms with Gasteiger partial charge in [-0.1, -0.05) is 72.8 Å². The monoisotopic (exact) mass is 351 g/mol. The predicted octanol–water partition coefficient (Wildman–Crippen LogP) is 5.52. The van der Waals surface area contributed by atoms with Gasteiger partial charge in [-0.15, -0.1) is 0 Å². The van der Waals surface area contributed by atoms with Crippen molar-refractivity contribution in [3.8, 4) is 33.8 Å². The molecule has 0 N–H and O–H groups in total. The maximum Gasteiger partial charge on any atom is 0.239 e. The summed E-state index contributed by atoms with van der Waals surface area (Å²) in [6.07, 6.45) is 2.14. The van der Waals surface area contributed by atoms with Gasteiger partial charge in [0.1, 0.15) is 18.4 Å². The summed E-state index contributed by atoms with van der Waals surface area (Å²) in [6.45, 7) is 4.29. The molecule has 4 aromatic rings. The number of benzene rings is 3. The van der Waals surface area contributed by atoms with Crippen molar-refractivity contribution < 1.29 is 4.57 Å². The van der Waals surface area contributed by atoms with Gasteiger partial charge in [0.2, 0.25) is 5.69 Å². The van der Waals surface area contributed by atoms with Crippen molar-refractivity contribution in [3.05, 3.63) is 96.2 Å². The lowest BCUT2D eigenvalue weighted by molar-refractivity contribution is -0.659. The lowest BCUT2D eigenvalue weighted by Crippen LogP contribution is -2.32. The van der Waals surface area contributed by atoms with Crippen LogP contribution in [0.1, 0.15) is 11.1 Å². The molecule has 2 nitrogen and oxygen atoms in total. The first-order valence-corrected chi connectivity index (χ1v) is 9.23. The Hall–Kier alpha value is -3.26. The highest BCUT2D eigenvalue weighted by Crippen LogP contribution is 2.32. The summed E-state index contributed by atoms with van der Waals surface area (Å²) in [5.74, 6) is 0. The minimum absolute atomic E-state index is 0.992. The minimum atomic E-state index is 0.992. The molecule has 0 atom stereocenters. The van der Waals surface area contributed by atoms with E-state index in [0.717, 1.165) is 22.6 Å². The van der Waals surface area contributed by atoms with Crippen LogP contribution in [0.3, 0.4) is 0 Å². The first kappa shape index (κ1) is 17.2. The Morgan fingerprint density at radius 2 is 1.22 bits per heavy atom. The molecule has 0 unspecified atom stereocenters. The van der Waals surface area contributed by atoms with Crippen LogP contribution in [0.2, 0.25) is 0 Å². The summed E-state index contributed by atoms with van der Waals surface area (Å²) in [5.41, 5.74) is 9.12. The molecule has 132 valence electrons. The molecular formula is C25H23N2+. The van der Waals surface area contributed by atoms with Gasteiger partial charge in [-0.2, -0.15) is 4.57 Å². The van der Waals surface area contributed by atoms with Crippen LogP contribution in [0.5, 0.6) is 0 Å². The molecule has 1 aromatic heterocycles. The fraction of sp³-hybridized carbons (Fsp3) is 0.120. The maximum atomic E-state index is 5.13. The van der Waals surface area contributed by atoms with E-state index in [9.17, 15) is 0 Å². The zero-order valence-electron chi connectivity index (χ0n) is 16.0. The minimum Gasteiger partial charge on any atom is -0.234 e. The van der Waals surface area contributed by atoms with Crippen molar-refractivity contribution >= 4 is 0 Å². The Balaban J connectivity index is 2.03. The van der Waals surface area contributed by atoms with E-state index in [1.807, 2.05) is 6.07 Å². The number of nitrogens with zero attached hydrogens (tertiary/aromatic N) is 2. The summed E-state index contributed by atoms with van der Waals surface area (Å²) in [5, 5.41) is 0. The average molecular weight is 351 g/mol. The van der Waals surface area contributed by atoms with Gasteiger partial charge in [0, 0.05) is 11.1 Å². The van der Waals surface area contributed by atoms with Crippen molar-refractivity contribution in [1.82, 2.24) is 4.98 Å². The molecule has 0 saturated heterocycles. The fourth-order valence-corrected chi connectivity index (χ4v) is 3.56. The summed E-state index contributed by atoms with van der Waals surface area (Å²) < 4.78 is 2.21. The van der Waals surface area contributed by atoms with E-state index >= 15 is 0 Å². The molecule has 0 aliphatic carbocycles. The molecule has 4 rings (SSSR count). The van der Waals surface area contributed by atoms with E-state index in [0.29, 0.717) is 0 Å². The first-order valence-electron chi connectivity index (χ1n) is 9.23. The highest BCUT2D eigenvalue weighted by molar-refractivity contribution is 5.79. The largest absolute Gasteiger partial charge is 0.239 e. The number of aryl methyl sites for hydroxylation is 3. The summed E-state index contributed by atoms with van der Waals surface area (Å²) in [6, 6.07) is 27.3. The third-order valence-corrected chi connectivity index (χ3v) is 4.99. The second kappa shape index (κ2) is 7.16. The summed E-state index contributed by atoms with van der Waals surface area (Å²) in [7, 11) is 2.11. The zero-order valence-corrected chi connectivity index (χ0v) is 16.0. The summed E-state index contributed by atoms with van der Waals surface area (Å²) in [4.78, 5) is 5.13. The molecule has 0 aliphatic rings. The highest BCUT2D eigenvalue weighted by atomic mass is 15.0. The number of hydrogen-bond acceptors (Lipinski definition) is 1. The third kappa shape index (κ3) is 3.26. The van der Waals surface area contributed by atoms with Crippen LogP contribution in [0, 0.1) is 13.8 Å². The summed E-state index contributed by atoms with van der Waals surface area (Å²) >= 11 is 0. The van der Waals surface area contributed by atoms with Crippen LogP contribution in [0.25, 0.3) is 33.8 Å². The van der Waals surface area contributed by atoms with Crippen LogP contribution in [-0.4, -0.2) is 4.98 Å². The van der Waals surface area contributed by atoms with E-state index in [4.69, 9.17) is 4.98 Å².